The second-order valence-electron chi connectivity index (χ2n) is 4.50. The molecular weight excluding hydrogens is 346 g/mol. The van der Waals surface area contributed by atoms with E-state index in [4.69, 9.17) is 5.73 Å². The van der Waals surface area contributed by atoms with Crippen LogP contribution in [0.4, 0.5) is 13.2 Å². The van der Waals surface area contributed by atoms with Gasteiger partial charge in [-0.2, -0.15) is 0 Å². The molecule has 1 atom stereocenters. The quantitative estimate of drug-likeness (QED) is 0.834. The van der Waals surface area contributed by atoms with Crippen molar-refractivity contribution in [3.8, 4) is 5.75 Å². The van der Waals surface area contributed by atoms with Gasteiger partial charge in [0, 0.05) is 10.5 Å². The minimum absolute atomic E-state index is 0. The van der Waals surface area contributed by atoms with Gasteiger partial charge in [-0.25, -0.2) is 0 Å². The second kappa shape index (κ2) is 7.36. The largest absolute Gasteiger partial charge is 0.573 e. The van der Waals surface area contributed by atoms with Crippen LogP contribution >= 0.6 is 28.3 Å². The third-order valence-corrected chi connectivity index (χ3v) is 2.74. The molecule has 0 saturated heterocycles. The highest BCUT2D eigenvalue weighted by Crippen LogP contribution is 2.30. The minimum atomic E-state index is -4.69. The summed E-state index contributed by atoms with van der Waals surface area (Å²) in [5, 5.41) is 0. The summed E-state index contributed by atoms with van der Waals surface area (Å²) >= 11 is 3.15. The lowest BCUT2D eigenvalue weighted by molar-refractivity contribution is -0.274. The monoisotopic (exact) mass is 361 g/mol. The Balaban J connectivity index is 0.00000324. The second-order valence-corrected chi connectivity index (χ2v) is 5.42. The van der Waals surface area contributed by atoms with Gasteiger partial charge in [0.05, 0.1) is 0 Å². The van der Waals surface area contributed by atoms with Gasteiger partial charge in [0.2, 0.25) is 0 Å². The van der Waals surface area contributed by atoms with Crippen molar-refractivity contribution in [1.82, 2.24) is 0 Å². The minimum Gasteiger partial charge on any atom is -0.406 e. The molecule has 2 N–H and O–H groups in total. The number of ether oxygens (including phenoxy) is 1. The molecule has 0 aliphatic rings. The highest BCUT2D eigenvalue weighted by atomic mass is 79.9. The standard InChI is InChI=1S/C12H15BrF3NO.ClH/c1-7(2)3-11(17)8-4-9(13)6-10(5-8)18-12(14,15)16;/h4-7,11H,3,17H2,1-2H3;1H/t11-;/m1./s1. The van der Waals surface area contributed by atoms with Crippen molar-refractivity contribution in [1.29, 1.82) is 0 Å². The van der Waals surface area contributed by atoms with Gasteiger partial charge in [0.1, 0.15) is 5.75 Å². The first-order valence-corrected chi connectivity index (χ1v) is 6.28. The molecule has 0 radical (unpaired) electrons. The SMILES string of the molecule is CC(C)C[C@@H](N)c1cc(Br)cc(OC(F)(F)F)c1.Cl. The Bertz CT molecular complexity index is 412. The van der Waals surface area contributed by atoms with Crippen molar-refractivity contribution in [3.05, 3.63) is 28.2 Å². The van der Waals surface area contributed by atoms with Crippen LogP contribution in [0, 0.1) is 5.92 Å². The fraction of sp³-hybridized carbons (Fsp3) is 0.500. The van der Waals surface area contributed by atoms with Crippen molar-refractivity contribution in [2.45, 2.75) is 32.7 Å². The fourth-order valence-corrected chi connectivity index (χ4v) is 2.12. The van der Waals surface area contributed by atoms with Crippen LogP contribution in [0.5, 0.6) is 5.75 Å². The Morgan fingerprint density at radius 3 is 2.32 bits per heavy atom. The number of benzene rings is 1. The van der Waals surface area contributed by atoms with Crippen LogP contribution in [0.3, 0.4) is 0 Å². The molecule has 1 aromatic rings. The van der Waals surface area contributed by atoms with Crippen LogP contribution in [0.25, 0.3) is 0 Å². The van der Waals surface area contributed by atoms with Gasteiger partial charge in [-0.15, -0.1) is 25.6 Å². The molecule has 0 spiro atoms. The van der Waals surface area contributed by atoms with E-state index in [1.165, 1.54) is 12.1 Å². The van der Waals surface area contributed by atoms with Crippen LogP contribution in [-0.2, 0) is 0 Å². The molecule has 0 saturated carbocycles. The highest BCUT2D eigenvalue weighted by molar-refractivity contribution is 9.10. The Labute approximate surface area is 125 Å². The molecule has 0 bridgehead atoms. The first-order valence-electron chi connectivity index (χ1n) is 5.49. The molecular formula is C12H16BrClF3NO. The molecule has 0 unspecified atom stereocenters. The summed E-state index contributed by atoms with van der Waals surface area (Å²) in [6.45, 7) is 4.01. The van der Waals surface area contributed by atoms with E-state index in [1.54, 1.807) is 6.07 Å². The Hall–Kier alpha value is -0.460. The number of hydrogen-bond donors (Lipinski definition) is 1. The summed E-state index contributed by atoms with van der Waals surface area (Å²) in [6.07, 6.45) is -4.00. The number of hydrogen-bond acceptors (Lipinski definition) is 2. The number of nitrogens with two attached hydrogens (primary N) is 1. The van der Waals surface area contributed by atoms with Gasteiger partial charge >= 0.3 is 6.36 Å². The zero-order chi connectivity index (χ0) is 13.9. The van der Waals surface area contributed by atoms with E-state index in [2.05, 4.69) is 20.7 Å². The van der Waals surface area contributed by atoms with Crippen LogP contribution < -0.4 is 10.5 Å². The molecule has 0 aromatic heterocycles. The van der Waals surface area contributed by atoms with Gasteiger partial charge in [-0.1, -0.05) is 29.8 Å². The molecule has 0 heterocycles. The molecule has 0 aliphatic heterocycles. The predicted octanol–water partition coefficient (Wildman–Crippen LogP) is 4.82. The molecule has 0 amide bonds. The predicted molar refractivity (Wildman–Crippen MR) is 74.5 cm³/mol. The lowest BCUT2D eigenvalue weighted by atomic mass is 9.98. The average Bonchev–Trinajstić information content (AvgIpc) is 2.12. The Morgan fingerprint density at radius 2 is 1.84 bits per heavy atom. The average molecular weight is 363 g/mol. The van der Waals surface area contributed by atoms with Gasteiger partial charge in [0.15, 0.2) is 0 Å². The smallest absolute Gasteiger partial charge is 0.406 e. The lowest BCUT2D eigenvalue weighted by Crippen LogP contribution is -2.18. The van der Waals surface area contributed by atoms with Crippen LogP contribution in [0.1, 0.15) is 31.9 Å². The van der Waals surface area contributed by atoms with E-state index in [0.29, 0.717) is 22.4 Å². The maximum atomic E-state index is 12.1. The van der Waals surface area contributed by atoms with E-state index >= 15 is 0 Å². The molecule has 19 heavy (non-hydrogen) atoms. The number of halogens is 5. The number of rotatable bonds is 4. The van der Waals surface area contributed by atoms with Crippen molar-refractivity contribution in [3.63, 3.8) is 0 Å². The first-order chi connectivity index (χ1) is 8.17. The van der Waals surface area contributed by atoms with Crippen LogP contribution in [-0.4, -0.2) is 6.36 Å². The van der Waals surface area contributed by atoms with Crippen molar-refractivity contribution < 1.29 is 17.9 Å². The van der Waals surface area contributed by atoms with Crippen LogP contribution in [0.2, 0.25) is 0 Å². The van der Waals surface area contributed by atoms with Crippen LogP contribution in [0.15, 0.2) is 22.7 Å². The molecule has 2 nitrogen and oxygen atoms in total. The summed E-state index contributed by atoms with van der Waals surface area (Å²) in [4.78, 5) is 0. The van der Waals surface area contributed by atoms with Crippen molar-refractivity contribution in [2.24, 2.45) is 11.7 Å². The highest BCUT2D eigenvalue weighted by Gasteiger charge is 2.31. The molecule has 7 heteroatoms. The van der Waals surface area contributed by atoms with Gasteiger partial charge in [-0.3, -0.25) is 0 Å². The molecule has 0 aliphatic carbocycles. The zero-order valence-corrected chi connectivity index (χ0v) is 12.9. The van der Waals surface area contributed by atoms with Crippen molar-refractivity contribution >= 4 is 28.3 Å². The molecule has 1 aromatic carbocycles. The Kier molecular flexibility index (Phi) is 7.18. The summed E-state index contributed by atoms with van der Waals surface area (Å²) in [7, 11) is 0. The first kappa shape index (κ1) is 18.5. The van der Waals surface area contributed by atoms with E-state index in [9.17, 15) is 13.2 Å². The summed E-state index contributed by atoms with van der Waals surface area (Å²) in [6, 6.07) is 3.98. The topological polar surface area (TPSA) is 35.2 Å². The summed E-state index contributed by atoms with van der Waals surface area (Å²) < 4.78 is 40.8. The Morgan fingerprint density at radius 1 is 1.26 bits per heavy atom. The summed E-state index contributed by atoms with van der Waals surface area (Å²) in [5.41, 5.74) is 6.56. The van der Waals surface area contributed by atoms with Gasteiger partial charge in [0.25, 0.3) is 0 Å². The van der Waals surface area contributed by atoms with Gasteiger partial charge in [-0.05, 0) is 36.1 Å². The zero-order valence-electron chi connectivity index (χ0n) is 10.5. The summed E-state index contributed by atoms with van der Waals surface area (Å²) in [5.74, 6) is 0.108. The molecule has 1 rings (SSSR count). The van der Waals surface area contributed by atoms with Crippen molar-refractivity contribution in [2.75, 3.05) is 0 Å². The van der Waals surface area contributed by atoms with E-state index in [0.717, 1.165) is 0 Å². The maximum Gasteiger partial charge on any atom is 0.573 e. The number of alkyl halides is 3. The lowest BCUT2D eigenvalue weighted by Gasteiger charge is -2.17. The van der Waals surface area contributed by atoms with E-state index < -0.39 is 6.36 Å². The normalized spacial score (nSPS) is 13.1. The van der Waals surface area contributed by atoms with E-state index in [1.807, 2.05) is 13.8 Å². The van der Waals surface area contributed by atoms with Gasteiger partial charge < -0.3 is 10.5 Å². The fourth-order valence-electron chi connectivity index (χ4n) is 1.63. The molecule has 110 valence electrons. The third-order valence-electron chi connectivity index (χ3n) is 2.28. The third kappa shape index (κ3) is 7.03. The maximum absolute atomic E-state index is 12.1. The van der Waals surface area contributed by atoms with E-state index in [-0.39, 0.29) is 24.2 Å². The molecule has 0 fully saturated rings.